The standard InChI is InChI=1S/CHNO2S/c2-1-5(3)4/h(H,3,4). The monoisotopic (exact) mass is 91.0 g/mol. The Labute approximate surface area is 31.5 Å². The second-order valence-corrected chi connectivity index (χ2v) is 1.02. The molecule has 0 saturated heterocycles. The molecule has 0 heterocycles. The van der Waals surface area contributed by atoms with Gasteiger partial charge in [0, 0.05) is 0 Å². The molecule has 0 aromatic heterocycles. The van der Waals surface area contributed by atoms with E-state index < -0.39 is 11.1 Å². The maximum atomic E-state index is 9.12. The van der Waals surface area contributed by atoms with E-state index in [1.165, 1.54) is 0 Å². The molecular weight excluding hydrogens is 90.1 g/mol. The normalized spacial score (nSPS) is 12.8. The first-order valence-corrected chi connectivity index (χ1v) is 1.88. The third kappa shape index (κ3) is 3.60. The Morgan fingerprint density at radius 3 is 2.20 bits per heavy atom. The van der Waals surface area contributed by atoms with Gasteiger partial charge in [-0.25, -0.2) is 4.21 Å². The van der Waals surface area contributed by atoms with Crippen molar-refractivity contribution in [1.82, 2.24) is 0 Å². The molecule has 0 amide bonds. The largest absolute Gasteiger partial charge is 0.294 e. The summed E-state index contributed by atoms with van der Waals surface area (Å²) in [7, 11) is 0. The zero-order valence-corrected chi connectivity index (χ0v) is 3.03. The molecule has 0 radical (unpaired) electrons. The summed E-state index contributed by atoms with van der Waals surface area (Å²) in [5.74, 6) is 0. The van der Waals surface area contributed by atoms with E-state index in [2.05, 4.69) is 0 Å². The summed E-state index contributed by atoms with van der Waals surface area (Å²) in [6.45, 7) is 0. The summed E-state index contributed by atoms with van der Waals surface area (Å²) in [4.78, 5) is 0. The topological polar surface area (TPSA) is 61.1 Å². The number of nitrogens with zero attached hydrogens (tertiary/aromatic N) is 1. The summed E-state index contributed by atoms with van der Waals surface area (Å²) in [6.07, 6.45) is 0. The third-order valence-electron chi connectivity index (χ3n) is 0.0781. The molecule has 28 valence electrons. The van der Waals surface area contributed by atoms with Crippen LogP contribution in [0.5, 0.6) is 0 Å². The molecule has 1 unspecified atom stereocenters. The lowest BCUT2D eigenvalue weighted by atomic mass is 11.8. The Morgan fingerprint density at radius 1 is 2.00 bits per heavy atom. The van der Waals surface area contributed by atoms with Gasteiger partial charge in [-0.15, -0.1) is 0 Å². The number of nitriles is 1. The first-order valence-electron chi connectivity index (χ1n) is 0.777. The zero-order valence-electron chi connectivity index (χ0n) is 2.21. The van der Waals surface area contributed by atoms with Crippen LogP contribution in [-0.2, 0) is 11.1 Å². The average Bonchev–Trinajstić information content (AvgIpc) is 1.38. The fourth-order valence-corrected chi connectivity index (χ4v) is 0. The van der Waals surface area contributed by atoms with Crippen molar-refractivity contribution < 1.29 is 8.76 Å². The maximum Gasteiger partial charge on any atom is 0.261 e. The summed E-state index contributed by atoms with van der Waals surface area (Å²) in [6, 6.07) is 0. The van der Waals surface area contributed by atoms with E-state index in [0.29, 0.717) is 0 Å². The van der Waals surface area contributed by atoms with Crippen molar-refractivity contribution in [2.24, 2.45) is 0 Å². The van der Waals surface area contributed by atoms with Gasteiger partial charge in [0.05, 0.1) is 0 Å². The fraction of sp³-hybridized carbons (Fsp3) is 0. The Morgan fingerprint density at radius 2 is 2.20 bits per heavy atom. The van der Waals surface area contributed by atoms with E-state index in [1.54, 1.807) is 0 Å². The lowest BCUT2D eigenvalue weighted by Gasteiger charge is -1.56. The molecular formula is CHNO2S. The van der Waals surface area contributed by atoms with Gasteiger partial charge in [0.2, 0.25) is 0 Å². The van der Waals surface area contributed by atoms with E-state index >= 15 is 0 Å². The van der Waals surface area contributed by atoms with Crippen molar-refractivity contribution in [3.05, 3.63) is 0 Å². The van der Waals surface area contributed by atoms with E-state index in [0.717, 1.165) is 5.40 Å². The molecule has 0 aliphatic heterocycles. The predicted molar refractivity (Wildman–Crippen MR) is 16.4 cm³/mol. The summed E-state index contributed by atoms with van der Waals surface area (Å²) < 4.78 is 16.6. The van der Waals surface area contributed by atoms with Crippen LogP contribution in [0.25, 0.3) is 0 Å². The zero-order chi connectivity index (χ0) is 4.28. The lowest BCUT2D eigenvalue weighted by molar-refractivity contribution is 0.575. The van der Waals surface area contributed by atoms with Gasteiger partial charge in [-0.3, -0.25) is 4.55 Å². The highest BCUT2D eigenvalue weighted by molar-refractivity contribution is 7.84. The van der Waals surface area contributed by atoms with Crippen molar-refractivity contribution in [2.45, 2.75) is 0 Å². The van der Waals surface area contributed by atoms with E-state index in [-0.39, 0.29) is 0 Å². The van der Waals surface area contributed by atoms with E-state index in [9.17, 15) is 0 Å². The van der Waals surface area contributed by atoms with Crippen molar-refractivity contribution in [2.75, 3.05) is 0 Å². The van der Waals surface area contributed by atoms with Crippen molar-refractivity contribution in [3.63, 3.8) is 0 Å². The SMILES string of the molecule is N#CS(=O)O. The van der Waals surface area contributed by atoms with Crippen molar-refractivity contribution in [1.29, 1.82) is 5.26 Å². The number of rotatable bonds is 0. The summed E-state index contributed by atoms with van der Waals surface area (Å²) in [5, 5.41) is 8.40. The van der Waals surface area contributed by atoms with Gasteiger partial charge in [0.25, 0.3) is 11.1 Å². The highest BCUT2D eigenvalue weighted by atomic mass is 32.2. The first kappa shape index (κ1) is 4.60. The highest BCUT2D eigenvalue weighted by Crippen LogP contribution is 1.56. The van der Waals surface area contributed by atoms with Gasteiger partial charge in [-0.05, 0) is 0 Å². The molecule has 4 heteroatoms. The Kier molecular flexibility index (Phi) is 1.73. The number of thiocyanates is 1. The van der Waals surface area contributed by atoms with Crippen LogP contribution in [0.4, 0.5) is 0 Å². The van der Waals surface area contributed by atoms with Crippen LogP contribution in [0.1, 0.15) is 0 Å². The Bertz CT molecular complexity index is 82.1. The van der Waals surface area contributed by atoms with Crippen molar-refractivity contribution in [3.8, 4) is 5.40 Å². The van der Waals surface area contributed by atoms with E-state index in [4.69, 9.17) is 14.0 Å². The quantitative estimate of drug-likeness (QED) is 0.328. The summed E-state index contributed by atoms with van der Waals surface area (Å²) >= 11 is -2.27. The second-order valence-electron chi connectivity index (χ2n) is 0.340. The molecule has 0 aliphatic rings. The molecule has 0 spiro atoms. The number of hydrogen-bond acceptors (Lipinski definition) is 2. The van der Waals surface area contributed by atoms with Gasteiger partial charge in [-0.1, -0.05) is 0 Å². The molecule has 0 aliphatic carbocycles. The minimum absolute atomic E-state index is 1.06. The minimum atomic E-state index is -2.27. The van der Waals surface area contributed by atoms with Crippen LogP contribution in [0.3, 0.4) is 0 Å². The van der Waals surface area contributed by atoms with Crippen molar-refractivity contribution >= 4 is 11.1 Å². The van der Waals surface area contributed by atoms with Gasteiger partial charge in [0.1, 0.15) is 0 Å². The summed E-state index contributed by atoms with van der Waals surface area (Å²) in [5.41, 5.74) is 0. The lowest BCUT2D eigenvalue weighted by Crippen LogP contribution is -1.72. The van der Waals surface area contributed by atoms with Gasteiger partial charge < -0.3 is 0 Å². The molecule has 1 atom stereocenters. The molecule has 0 aromatic rings. The van der Waals surface area contributed by atoms with Crippen LogP contribution < -0.4 is 0 Å². The van der Waals surface area contributed by atoms with Crippen LogP contribution >= 0.6 is 0 Å². The van der Waals surface area contributed by atoms with Crippen LogP contribution in [-0.4, -0.2) is 8.76 Å². The highest BCUT2D eigenvalue weighted by Gasteiger charge is 1.74. The molecule has 0 saturated carbocycles. The smallest absolute Gasteiger partial charge is 0.261 e. The van der Waals surface area contributed by atoms with Gasteiger partial charge >= 0.3 is 0 Å². The second kappa shape index (κ2) is 1.88. The van der Waals surface area contributed by atoms with Crippen LogP contribution in [0.2, 0.25) is 0 Å². The molecule has 1 N–H and O–H groups in total. The molecule has 5 heavy (non-hydrogen) atoms. The Balaban J connectivity index is 3.35. The average molecular weight is 91.1 g/mol. The molecule has 0 rings (SSSR count). The Hall–Kier alpha value is -0.400. The molecule has 0 fully saturated rings. The van der Waals surface area contributed by atoms with Gasteiger partial charge in [0.15, 0.2) is 5.40 Å². The molecule has 3 nitrogen and oxygen atoms in total. The third-order valence-corrected chi connectivity index (χ3v) is 0.234. The molecule has 0 aromatic carbocycles. The van der Waals surface area contributed by atoms with Gasteiger partial charge in [-0.2, -0.15) is 5.26 Å². The minimum Gasteiger partial charge on any atom is -0.294 e. The number of hydrogen-bond donors (Lipinski definition) is 1. The van der Waals surface area contributed by atoms with Crippen LogP contribution in [0, 0.1) is 10.7 Å². The molecule has 0 bridgehead atoms. The van der Waals surface area contributed by atoms with Crippen LogP contribution in [0.15, 0.2) is 0 Å². The maximum absolute atomic E-state index is 9.12. The van der Waals surface area contributed by atoms with E-state index in [1.807, 2.05) is 0 Å². The first-order chi connectivity index (χ1) is 2.27. The fourth-order valence-electron chi connectivity index (χ4n) is 0. The predicted octanol–water partition coefficient (Wildman–Crippen LogP) is -0.311.